The van der Waals surface area contributed by atoms with Crippen LogP contribution >= 0.6 is 0 Å². The van der Waals surface area contributed by atoms with Gasteiger partial charge in [-0.15, -0.1) is 0 Å². The van der Waals surface area contributed by atoms with Gasteiger partial charge < -0.3 is 9.84 Å². The smallest absolute Gasteiger partial charge is 0.387 e. The SMILES string of the molecule is CC(CC(=O)O)c1cccc(OC(F)F)c1. The standard InChI is InChI=1S/C11H12F2O3/c1-7(5-10(14)15)8-3-2-4-9(6-8)16-11(12)13/h2-4,6-7,11H,5H2,1H3,(H,14,15). The van der Waals surface area contributed by atoms with Gasteiger partial charge in [-0.1, -0.05) is 19.1 Å². The molecule has 0 aromatic heterocycles. The van der Waals surface area contributed by atoms with E-state index in [1.165, 1.54) is 12.1 Å². The molecule has 88 valence electrons. The van der Waals surface area contributed by atoms with Crippen molar-refractivity contribution in [1.29, 1.82) is 0 Å². The molecule has 0 aliphatic carbocycles. The molecule has 0 heterocycles. The third kappa shape index (κ3) is 3.84. The zero-order chi connectivity index (χ0) is 12.1. The molecule has 0 saturated carbocycles. The van der Waals surface area contributed by atoms with Crippen molar-refractivity contribution in [2.75, 3.05) is 0 Å². The molecule has 0 bridgehead atoms. The number of carboxylic acids is 1. The Balaban J connectivity index is 2.77. The zero-order valence-electron chi connectivity index (χ0n) is 8.69. The van der Waals surface area contributed by atoms with E-state index in [4.69, 9.17) is 5.11 Å². The van der Waals surface area contributed by atoms with Crippen LogP contribution in [0.5, 0.6) is 5.75 Å². The van der Waals surface area contributed by atoms with E-state index in [-0.39, 0.29) is 18.1 Å². The Hall–Kier alpha value is -1.65. The van der Waals surface area contributed by atoms with Gasteiger partial charge in [0.05, 0.1) is 6.42 Å². The molecule has 0 aliphatic rings. The highest BCUT2D eigenvalue weighted by Crippen LogP contribution is 2.24. The molecule has 0 spiro atoms. The fourth-order valence-electron chi connectivity index (χ4n) is 1.38. The minimum absolute atomic E-state index is 0.0435. The second-order valence-electron chi connectivity index (χ2n) is 3.45. The highest BCUT2D eigenvalue weighted by atomic mass is 19.3. The molecule has 1 atom stereocenters. The van der Waals surface area contributed by atoms with E-state index in [0.29, 0.717) is 5.56 Å². The van der Waals surface area contributed by atoms with Crippen LogP contribution in [0.2, 0.25) is 0 Å². The Labute approximate surface area is 91.7 Å². The number of hydrogen-bond donors (Lipinski definition) is 1. The number of ether oxygens (including phenoxy) is 1. The maximum atomic E-state index is 11.9. The summed E-state index contributed by atoms with van der Waals surface area (Å²) in [6, 6.07) is 6.08. The number of hydrogen-bond acceptors (Lipinski definition) is 2. The van der Waals surface area contributed by atoms with Gasteiger partial charge in [-0.05, 0) is 23.6 Å². The summed E-state index contributed by atoms with van der Waals surface area (Å²) in [5, 5.41) is 8.61. The Kier molecular flexibility index (Phi) is 4.22. The molecule has 3 nitrogen and oxygen atoms in total. The first-order valence-electron chi connectivity index (χ1n) is 4.75. The van der Waals surface area contributed by atoms with Crippen LogP contribution in [-0.4, -0.2) is 17.7 Å². The molecular weight excluding hydrogens is 218 g/mol. The van der Waals surface area contributed by atoms with Crippen LogP contribution < -0.4 is 4.74 Å². The lowest BCUT2D eigenvalue weighted by Crippen LogP contribution is -2.05. The molecule has 0 saturated heterocycles. The van der Waals surface area contributed by atoms with E-state index in [1.54, 1.807) is 19.1 Å². The highest BCUT2D eigenvalue weighted by Gasteiger charge is 2.11. The summed E-state index contributed by atoms with van der Waals surface area (Å²) < 4.78 is 28.1. The number of carbonyl (C=O) groups is 1. The summed E-state index contributed by atoms with van der Waals surface area (Å²) in [4.78, 5) is 10.5. The van der Waals surface area contributed by atoms with Crippen molar-refractivity contribution >= 4 is 5.97 Å². The molecule has 0 radical (unpaired) electrons. The second-order valence-corrected chi connectivity index (χ2v) is 3.45. The fourth-order valence-corrected chi connectivity index (χ4v) is 1.38. The van der Waals surface area contributed by atoms with Crippen LogP contribution in [-0.2, 0) is 4.79 Å². The summed E-state index contributed by atoms with van der Waals surface area (Å²) in [6.45, 7) is -1.15. The van der Waals surface area contributed by atoms with Crippen molar-refractivity contribution in [2.45, 2.75) is 25.9 Å². The maximum absolute atomic E-state index is 11.9. The minimum Gasteiger partial charge on any atom is -0.481 e. The molecule has 5 heteroatoms. The third-order valence-corrected chi connectivity index (χ3v) is 2.13. The van der Waals surface area contributed by atoms with Gasteiger partial charge in [0.15, 0.2) is 0 Å². The summed E-state index contributed by atoms with van der Waals surface area (Å²) in [5.74, 6) is -1.11. The first-order chi connectivity index (χ1) is 7.49. The topological polar surface area (TPSA) is 46.5 Å². The molecule has 1 aromatic carbocycles. The first kappa shape index (κ1) is 12.4. The van der Waals surface area contributed by atoms with Gasteiger partial charge in [0.25, 0.3) is 0 Å². The fraction of sp³-hybridized carbons (Fsp3) is 0.364. The largest absolute Gasteiger partial charge is 0.481 e. The van der Waals surface area contributed by atoms with E-state index in [0.717, 1.165) is 0 Å². The molecule has 1 aromatic rings. The molecule has 0 aliphatic heterocycles. The summed E-state index contributed by atoms with van der Waals surface area (Å²) in [6.07, 6.45) is -0.0435. The Morgan fingerprint density at radius 1 is 1.50 bits per heavy atom. The maximum Gasteiger partial charge on any atom is 0.387 e. The summed E-state index contributed by atoms with van der Waals surface area (Å²) >= 11 is 0. The quantitative estimate of drug-likeness (QED) is 0.845. The Morgan fingerprint density at radius 2 is 2.19 bits per heavy atom. The van der Waals surface area contributed by atoms with Crippen LogP contribution in [0.15, 0.2) is 24.3 Å². The van der Waals surface area contributed by atoms with Gasteiger partial charge in [-0.25, -0.2) is 0 Å². The lowest BCUT2D eigenvalue weighted by Gasteiger charge is -2.11. The average molecular weight is 230 g/mol. The number of aliphatic carboxylic acids is 1. The molecular formula is C11H12F2O3. The lowest BCUT2D eigenvalue weighted by molar-refractivity contribution is -0.137. The van der Waals surface area contributed by atoms with Crippen molar-refractivity contribution in [1.82, 2.24) is 0 Å². The number of benzene rings is 1. The highest BCUT2D eigenvalue weighted by molar-refractivity contribution is 5.68. The van der Waals surface area contributed by atoms with Gasteiger partial charge in [0.1, 0.15) is 5.75 Å². The minimum atomic E-state index is -2.87. The predicted molar refractivity (Wildman–Crippen MR) is 53.7 cm³/mol. The van der Waals surface area contributed by atoms with Crippen molar-refractivity contribution in [2.24, 2.45) is 0 Å². The van der Waals surface area contributed by atoms with Crippen molar-refractivity contribution in [3.63, 3.8) is 0 Å². The van der Waals surface area contributed by atoms with E-state index in [1.807, 2.05) is 0 Å². The third-order valence-electron chi connectivity index (χ3n) is 2.13. The summed E-state index contributed by atoms with van der Waals surface area (Å²) in [7, 11) is 0. The van der Waals surface area contributed by atoms with Crippen LogP contribution in [0.4, 0.5) is 8.78 Å². The van der Waals surface area contributed by atoms with Crippen molar-refractivity contribution < 1.29 is 23.4 Å². The normalized spacial score (nSPS) is 12.5. The number of alkyl halides is 2. The molecule has 0 amide bonds. The average Bonchev–Trinajstić information content (AvgIpc) is 2.16. The van der Waals surface area contributed by atoms with Gasteiger partial charge >= 0.3 is 12.6 Å². The molecule has 1 rings (SSSR count). The number of halogens is 2. The molecule has 1 N–H and O–H groups in total. The van der Waals surface area contributed by atoms with Gasteiger partial charge in [0.2, 0.25) is 0 Å². The van der Waals surface area contributed by atoms with Crippen LogP contribution in [0.3, 0.4) is 0 Å². The van der Waals surface area contributed by atoms with E-state index >= 15 is 0 Å². The van der Waals surface area contributed by atoms with Gasteiger partial charge in [0, 0.05) is 0 Å². The first-order valence-corrected chi connectivity index (χ1v) is 4.75. The summed E-state index contributed by atoms with van der Waals surface area (Å²) in [5.41, 5.74) is 0.667. The second kappa shape index (κ2) is 5.44. The van der Waals surface area contributed by atoms with E-state index in [2.05, 4.69) is 4.74 Å². The van der Waals surface area contributed by atoms with Crippen LogP contribution in [0.1, 0.15) is 24.8 Å². The molecule has 0 fully saturated rings. The van der Waals surface area contributed by atoms with Crippen molar-refractivity contribution in [3.8, 4) is 5.75 Å². The monoisotopic (exact) mass is 230 g/mol. The van der Waals surface area contributed by atoms with Crippen molar-refractivity contribution in [3.05, 3.63) is 29.8 Å². The van der Waals surface area contributed by atoms with Gasteiger partial charge in [-0.3, -0.25) is 4.79 Å². The molecule has 1 unspecified atom stereocenters. The number of rotatable bonds is 5. The van der Waals surface area contributed by atoms with Crippen LogP contribution in [0, 0.1) is 0 Å². The van der Waals surface area contributed by atoms with E-state index in [9.17, 15) is 13.6 Å². The Morgan fingerprint density at radius 3 is 2.75 bits per heavy atom. The van der Waals surface area contributed by atoms with Gasteiger partial charge in [-0.2, -0.15) is 8.78 Å². The van der Waals surface area contributed by atoms with E-state index < -0.39 is 12.6 Å². The lowest BCUT2D eigenvalue weighted by atomic mass is 9.98. The number of carboxylic acid groups (broad SMARTS) is 1. The zero-order valence-corrected chi connectivity index (χ0v) is 8.69. The Bertz CT molecular complexity index is 366. The molecule has 16 heavy (non-hydrogen) atoms. The van der Waals surface area contributed by atoms with Crippen LogP contribution in [0.25, 0.3) is 0 Å². The predicted octanol–water partition coefficient (Wildman–Crippen LogP) is 2.87.